The van der Waals surface area contributed by atoms with Gasteiger partial charge in [0.05, 0.1) is 0 Å². The maximum absolute atomic E-state index is 2.50. The first-order chi connectivity index (χ1) is 14.2. The fraction of sp³-hybridized carbons (Fsp3) is 1.00. The van der Waals surface area contributed by atoms with Crippen LogP contribution in [0.2, 0.25) is 0 Å². The molecular formula is C29H60. The van der Waals surface area contributed by atoms with E-state index in [4.69, 9.17) is 0 Å². The minimum atomic E-state index is 0.958. The van der Waals surface area contributed by atoms with E-state index < -0.39 is 0 Å². The molecule has 0 nitrogen and oxygen atoms in total. The van der Waals surface area contributed by atoms with Gasteiger partial charge >= 0.3 is 0 Å². The summed E-state index contributed by atoms with van der Waals surface area (Å²) in [7, 11) is 0. The Morgan fingerprint density at radius 2 is 0.552 bits per heavy atom. The van der Waals surface area contributed by atoms with Gasteiger partial charge in [-0.1, -0.05) is 175 Å². The molecule has 0 saturated heterocycles. The lowest BCUT2D eigenvalue weighted by molar-refractivity contribution is 0.391. The highest BCUT2D eigenvalue weighted by molar-refractivity contribution is 4.59. The van der Waals surface area contributed by atoms with Crippen molar-refractivity contribution in [1.82, 2.24) is 0 Å². The van der Waals surface area contributed by atoms with E-state index in [0.29, 0.717) is 0 Å². The smallest absolute Gasteiger partial charge is 0.0443 e. The summed E-state index contributed by atoms with van der Waals surface area (Å²) in [5.74, 6) is 1.92. The van der Waals surface area contributed by atoms with Crippen molar-refractivity contribution >= 4 is 0 Å². The van der Waals surface area contributed by atoms with Gasteiger partial charge < -0.3 is 0 Å². The van der Waals surface area contributed by atoms with Crippen LogP contribution in [0.3, 0.4) is 0 Å². The molecule has 0 aliphatic rings. The van der Waals surface area contributed by atoms with E-state index in [1.165, 1.54) is 148 Å². The molecule has 0 aromatic carbocycles. The molecule has 0 aliphatic carbocycles. The van der Waals surface area contributed by atoms with E-state index >= 15 is 0 Å². The third kappa shape index (κ3) is 24.1. The predicted octanol–water partition coefficient (Wildman–Crippen LogP) is 11.3. The highest BCUT2D eigenvalue weighted by Crippen LogP contribution is 2.21. The maximum Gasteiger partial charge on any atom is -0.0443 e. The van der Waals surface area contributed by atoms with E-state index in [0.717, 1.165) is 11.8 Å². The van der Waals surface area contributed by atoms with Crippen molar-refractivity contribution in [3.63, 3.8) is 0 Å². The summed E-state index contributed by atoms with van der Waals surface area (Å²) >= 11 is 0. The van der Waals surface area contributed by atoms with Crippen molar-refractivity contribution in [2.24, 2.45) is 11.8 Å². The van der Waals surface area contributed by atoms with E-state index in [2.05, 4.69) is 27.7 Å². The van der Waals surface area contributed by atoms with Gasteiger partial charge in [-0.3, -0.25) is 0 Å². The summed E-state index contributed by atoms with van der Waals surface area (Å²) in [6, 6.07) is 0. The van der Waals surface area contributed by atoms with Gasteiger partial charge in [0.25, 0.3) is 0 Å². The van der Waals surface area contributed by atoms with E-state index in [9.17, 15) is 0 Å². The zero-order valence-electron chi connectivity index (χ0n) is 21.4. The third-order valence-corrected chi connectivity index (χ3v) is 6.99. The van der Waals surface area contributed by atoms with Gasteiger partial charge in [0, 0.05) is 0 Å². The summed E-state index contributed by atoms with van der Waals surface area (Å²) in [6.45, 7) is 9.59. The minimum absolute atomic E-state index is 0.958. The molecule has 0 bridgehead atoms. The van der Waals surface area contributed by atoms with Crippen LogP contribution in [0.4, 0.5) is 0 Å². The Kier molecular flexibility index (Phi) is 24.3. The first-order valence-corrected chi connectivity index (χ1v) is 14.2. The van der Waals surface area contributed by atoms with E-state index in [1.807, 2.05) is 0 Å². The van der Waals surface area contributed by atoms with Crippen LogP contribution in [0, 0.1) is 11.8 Å². The van der Waals surface area contributed by atoms with Crippen LogP contribution in [0.15, 0.2) is 0 Å². The zero-order chi connectivity index (χ0) is 21.4. The number of unbranched alkanes of at least 4 members (excludes halogenated alkanes) is 16. The highest BCUT2D eigenvalue weighted by Gasteiger charge is 2.06. The van der Waals surface area contributed by atoms with Gasteiger partial charge in [0.1, 0.15) is 0 Å². The van der Waals surface area contributed by atoms with Gasteiger partial charge in [-0.05, 0) is 11.8 Å². The van der Waals surface area contributed by atoms with Gasteiger partial charge in [-0.25, -0.2) is 0 Å². The monoisotopic (exact) mass is 408 g/mol. The van der Waals surface area contributed by atoms with Crippen molar-refractivity contribution in [2.45, 2.75) is 175 Å². The second kappa shape index (κ2) is 24.3. The molecule has 2 atom stereocenters. The third-order valence-electron chi connectivity index (χ3n) is 6.99. The zero-order valence-corrected chi connectivity index (χ0v) is 21.4. The van der Waals surface area contributed by atoms with Crippen molar-refractivity contribution < 1.29 is 0 Å². The lowest BCUT2D eigenvalue weighted by Crippen LogP contribution is -1.99. The molecule has 0 aromatic heterocycles. The van der Waals surface area contributed by atoms with Crippen LogP contribution in [0.5, 0.6) is 0 Å². The van der Waals surface area contributed by atoms with Crippen molar-refractivity contribution in [1.29, 1.82) is 0 Å². The fourth-order valence-electron chi connectivity index (χ4n) is 4.71. The standard InChI is InChI=1S/C29H60/c1-5-7-9-11-12-13-14-15-16-17-18-20-22-25-29(4)27-23-26-28(3)24-21-19-10-8-6-2/h28-29H,5-27H2,1-4H3. The minimum Gasteiger partial charge on any atom is -0.0654 e. The Labute approximate surface area is 187 Å². The average Bonchev–Trinajstić information content (AvgIpc) is 2.71. The largest absolute Gasteiger partial charge is 0.0654 e. The lowest BCUT2D eigenvalue weighted by atomic mass is 9.92. The molecule has 0 heterocycles. The fourth-order valence-corrected chi connectivity index (χ4v) is 4.71. The van der Waals surface area contributed by atoms with Crippen molar-refractivity contribution in [3.8, 4) is 0 Å². The van der Waals surface area contributed by atoms with Gasteiger partial charge in [0.15, 0.2) is 0 Å². The average molecular weight is 409 g/mol. The summed E-state index contributed by atoms with van der Waals surface area (Å²) in [5, 5.41) is 0. The number of hydrogen-bond donors (Lipinski definition) is 0. The van der Waals surface area contributed by atoms with Crippen molar-refractivity contribution in [2.75, 3.05) is 0 Å². The van der Waals surface area contributed by atoms with Crippen LogP contribution >= 0.6 is 0 Å². The topological polar surface area (TPSA) is 0 Å². The summed E-state index contributed by atoms with van der Waals surface area (Å²) in [6.07, 6.45) is 33.7. The Morgan fingerprint density at radius 3 is 0.862 bits per heavy atom. The molecule has 0 radical (unpaired) electrons. The van der Waals surface area contributed by atoms with Crippen LogP contribution in [0.1, 0.15) is 175 Å². The first kappa shape index (κ1) is 29.0. The Hall–Kier alpha value is 0. The molecule has 0 spiro atoms. The van der Waals surface area contributed by atoms with Gasteiger partial charge in [-0.15, -0.1) is 0 Å². The number of hydrogen-bond acceptors (Lipinski definition) is 0. The molecule has 0 heteroatoms. The molecule has 0 saturated carbocycles. The molecule has 0 amide bonds. The predicted molar refractivity (Wildman–Crippen MR) is 136 cm³/mol. The maximum atomic E-state index is 2.50. The molecule has 0 aliphatic heterocycles. The van der Waals surface area contributed by atoms with E-state index in [1.54, 1.807) is 0 Å². The quantitative estimate of drug-likeness (QED) is 0.139. The summed E-state index contributed by atoms with van der Waals surface area (Å²) in [5.41, 5.74) is 0. The molecule has 0 aromatic rings. The molecule has 29 heavy (non-hydrogen) atoms. The SMILES string of the molecule is CCCCCCCCCCCCCCCC(C)CCCC(C)CCCCCCC. The Bertz CT molecular complexity index is 282. The van der Waals surface area contributed by atoms with Crippen LogP contribution in [-0.4, -0.2) is 0 Å². The Balaban J connectivity index is 3.24. The summed E-state index contributed by atoms with van der Waals surface area (Å²) in [4.78, 5) is 0. The molecule has 0 fully saturated rings. The van der Waals surface area contributed by atoms with Crippen LogP contribution in [0.25, 0.3) is 0 Å². The second-order valence-corrected chi connectivity index (χ2v) is 10.4. The molecule has 176 valence electrons. The number of rotatable bonds is 24. The first-order valence-electron chi connectivity index (χ1n) is 14.2. The molecule has 0 rings (SSSR count). The second-order valence-electron chi connectivity index (χ2n) is 10.4. The van der Waals surface area contributed by atoms with Crippen molar-refractivity contribution in [3.05, 3.63) is 0 Å². The van der Waals surface area contributed by atoms with Gasteiger partial charge in [0.2, 0.25) is 0 Å². The normalized spacial score (nSPS) is 13.7. The highest BCUT2D eigenvalue weighted by atomic mass is 14.1. The van der Waals surface area contributed by atoms with Crippen LogP contribution < -0.4 is 0 Å². The summed E-state index contributed by atoms with van der Waals surface area (Å²) < 4.78 is 0. The molecule has 0 N–H and O–H groups in total. The van der Waals surface area contributed by atoms with E-state index in [-0.39, 0.29) is 0 Å². The molecule has 2 unspecified atom stereocenters. The lowest BCUT2D eigenvalue weighted by Gasteiger charge is -2.14. The Morgan fingerprint density at radius 1 is 0.310 bits per heavy atom. The molecular weight excluding hydrogens is 348 g/mol. The van der Waals surface area contributed by atoms with Crippen LogP contribution in [-0.2, 0) is 0 Å². The van der Waals surface area contributed by atoms with Gasteiger partial charge in [-0.2, -0.15) is 0 Å².